The Kier molecular flexibility index (Phi) is 5.80. The number of benzene rings is 2. The van der Waals surface area contributed by atoms with E-state index in [9.17, 15) is 19.5 Å². The Morgan fingerprint density at radius 3 is 2.32 bits per heavy atom. The molecule has 2 aromatic carbocycles. The van der Waals surface area contributed by atoms with E-state index in [1.54, 1.807) is 11.8 Å². The summed E-state index contributed by atoms with van der Waals surface area (Å²) >= 11 is 0. The smallest absolute Gasteiger partial charge is 0.407 e. The number of fused-ring (bicyclic) bond motifs is 3. The molecule has 34 heavy (non-hydrogen) atoms. The van der Waals surface area contributed by atoms with E-state index in [0.717, 1.165) is 0 Å². The van der Waals surface area contributed by atoms with Crippen molar-refractivity contribution in [1.29, 1.82) is 0 Å². The summed E-state index contributed by atoms with van der Waals surface area (Å²) in [6.45, 7) is 2.68. The second-order valence-electron chi connectivity index (χ2n) is 10.1. The summed E-state index contributed by atoms with van der Waals surface area (Å²) in [5, 5.41) is 12.4. The maximum Gasteiger partial charge on any atom is 0.407 e. The lowest BCUT2D eigenvalue weighted by molar-refractivity contribution is -0.147. The van der Waals surface area contributed by atoms with E-state index >= 15 is 0 Å². The number of carboxylic acids is 1. The number of nitrogens with zero attached hydrogens (tertiary/aromatic N) is 1. The summed E-state index contributed by atoms with van der Waals surface area (Å²) in [5.74, 6) is -1.03. The Morgan fingerprint density at radius 1 is 1.06 bits per heavy atom. The summed E-state index contributed by atoms with van der Waals surface area (Å²) < 4.78 is 5.64. The van der Waals surface area contributed by atoms with E-state index in [0.29, 0.717) is 32.2 Å². The van der Waals surface area contributed by atoms with Gasteiger partial charge >= 0.3 is 12.1 Å². The highest BCUT2D eigenvalue weighted by Crippen LogP contribution is 2.44. The van der Waals surface area contributed by atoms with Gasteiger partial charge in [0.15, 0.2) is 0 Å². The Labute approximate surface area is 199 Å². The molecule has 0 spiro atoms. The van der Waals surface area contributed by atoms with Crippen LogP contribution in [-0.2, 0) is 14.3 Å². The first-order valence-corrected chi connectivity index (χ1v) is 12.0. The van der Waals surface area contributed by atoms with Crippen molar-refractivity contribution in [3.63, 3.8) is 0 Å². The minimum atomic E-state index is -0.868. The molecule has 3 aliphatic rings. The quantitative estimate of drug-likeness (QED) is 0.700. The van der Waals surface area contributed by atoms with Gasteiger partial charge in [-0.05, 0) is 54.9 Å². The molecule has 2 N–H and O–H groups in total. The lowest BCUT2D eigenvalue weighted by atomic mass is 9.90. The average molecular weight is 463 g/mol. The minimum Gasteiger partial charge on any atom is -0.481 e. The molecular weight excluding hydrogens is 432 g/mol. The predicted molar refractivity (Wildman–Crippen MR) is 126 cm³/mol. The second kappa shape index (κ2) is 8.78. The topological polar surface area (TPSA) is 95.9 Å². The molecule has 1 heterocycles. The molecule has 3 unspecified atom stereocenters. The van der Waals surface area contributed by atoms with Crippen molar-refractivity contribution < 1.29 is 24.2 Å². The zero-order chi connectivity index (χ0) is 23.9. The number of likely N-dealkylation sites (tertiary alicyclic amines) is 1. The van der Waals surface area contributed by atoms with Crippen molar-refractivity contribution in [1.82, 2.24) is 10.2 Å². The van der Waals surface area contributed by atoms with Crippen molar-refractivity contribution >= 4 is 18.0 Å². The number of hydrogen-bond acceptors (Lipinski definition) is 4. The monoisotopic (exact) mass is 462 g/mol. The van der Waals surface area contributed by atoms with Gasteiger partial charge in [0.2, 0.25) is 5.91 Å². The van der Waals surface area contributed by atoms with Crippen LogP contribution >= 0.6 is 0 Å². The first-order chi connectivity index (χ1) is 16.4. The second-order valence-corrected chi connectivity index (χ2v) is 10.1. The molecule has 2 aromatic rings. The maximum absolute atomic E-state index is 12.9. The molecule has 0 aromatic heterocycles. The Bertz CT molecular complexity index is 1090. The van der Waals surface area contributed by atoms with Crippen LogP contribution in [-0.4, -0.2) is 53.7 Å². The number of carbonyl (C=O) groups excluding carboxylic acids is 2. The third kappa shape index (κ3) is 4.04. The fourth-order valence-corrected chi connectivity index (χ4v) is 5.73. The molecule has 7 nitrogen and oxygen atoms in total. The van der Waals surface area contributed by atoms with Crippen LogP contribution < -0.4 is 5.32 Å². The molecule has 0 bridgehead atoms. The lowest BCUT2D eigenvalue weighted by Crippen LogP contribution is -2.38. The molecule has 0 radical (unpaired) electrons. The third-order valence-corrected chi connectivity index (χ3v) is 7.75. The molecular formula is C27H30N2O5. The van der Waals surface area contributed by atoms with E-state index in [4.69, 9.17) is 4.74 Å². The van der Waals surface area contributed by atoms with Crippen LogP contribution in [0.4, 0.5) is 4.79 Å². The van der Waals surface area contributed by atoms with Crippen molar-refractivity contribution in [2.24, 2.45) is 11.3 Å². The molecule has 2 aliphatic carbocycles. The number of rotatable bonds is 5. The average Bonchev–Trinajstić information content (AvgIpc) is 3.54. The van der Waals surface area contributed by atoms with Crippen LogP contribution in [0.15, 0.2) is 48.5 Å². The number of carboxylic acid groups (broad SMARTS) is 1. The number of nitrogens with one attached hydrogen (secondary N) is 1. The van der Waals surface area contributed by atoms with Crippen molar-refractivity contribution in [3.8, 4) is 11.1 Å². The number of alkyl carbamates (subject to hydrolysis) is 1. The third-order valence-electron chi connectivity index (χ3n) is 7.75. The summed E-state index contributed by atoms with van der Waals surface area (Å²) in [4.78, 5) is 38.6. The fourth-order valence-electron chi connectivity index (χ4n) is 5.73. The highest BCUT2D eigenvalue weighted by molar-refractivity contribution is 5.82. The zero-order valence-corrected chi connectivity index (χ0v) is 19.3. The van der Waals surface area contributed by atoms with Gasteiger partial charge in [0.25, 0.3) is 0 Å². The molecule has 2 amide bonds. The Balaban J connectivity index is 1.14. The molecule has 1 saturated carbocycles. The van der Waals surface area contributed by atoms with E-state index in [2.05, 4.69) is 29.6 Å². The molecule has 7 heteroatoms. The van der Waals surface area contributed by atoms with Gasteiger partial charge in [0, 0.05) is 31.0 Å². The van der Waals surface area contributed by atoms with Gasteiger partial charge in [-0.3, -0.25) is 9.59 Å². The number of aliphatic carboxylic acids is 1. The maximum atomic E-state index is 12.9. The summed E-state index contributed by atoms with van der Waals surface area (Å²) in [7, 11) is 0. The molecule has 1 saturated heterocycles. The van der Waals surface area contributed by atoms with E-state index in [1.165, 1.54) is 22.3 Å². The number of amides is 2. The van der Waals surface area contributed by atoms with Crippen LogP contribution in [0.3, 0.4) is 0 Å². The molecule has 1 aliphatic heterocycles. The van der Waals surface area contributed by atoms with Crippen LogP contribution in [0.5, 0.6) is 0 Å². The highest BCUT2D eigenvalue weighted by Gasteiger charge is 2.44. The van der Waals surface area contributed by atoms with Crippen LogP contribution in [0, 0.1) is 11.3 Å². The van der Waals surface area contributed by atoms with Crippen LogP contribution in [0.2, 0.25) is 0 Å². The minimum absolute atomic E-state index is 0.00168. The number of hydrogen-bond donors (Lipinski definition) is 2. The standard InChI is InChI=1S/C27H30N2O5/c1-27(25(31)32)12-13-29(16-27)24(30)17-10-11-18(14-17)28-26(33)34-15-23-21-8-4-2-6-19(21)20-7-3-5-9-22(20)23/h2-9,17-18,23H,10-16H2,1H3,(H,28,33)(H,31,32). The van der Waals surface area contributed by atoms with Gasteiger partial charge in [0.05, 0.1) is 5.41 Å². The van der Waals surface area contributed by atoms with Crippen molar-refractivity contribution in [3.05, 3.63) is 59.7 Å². The van der Waals surface area contributed by atoms with Gasteiger partial charge in [-0.2, -0.15) is 0 Å². The number of carbonyl (C=O) groups is 3. The molecule has 3 atom stereocenters. The van der Waals surface area contributed by atoms with Gasteiger partial charge in [-0.15, -0.1) is 0 Å². The lowest BCUT2D eigenvalue weighted by Gasteiger charge is -2.23. The largest absolute Gasteiger partial charge is 0.481 e. The van der Waals surface area contributed by atoms with Crippen molar-refractivity contribution in [2.45, 2.75) is 44.6 Å². The van der Waals surface area contributed by atoms with Crippen LogP contribution in [0.1, 0.15) is 49.7 Å². The van der Waals surface area contributed by atoms with E-state index in [1.807, 2.05) is 24.3 Å². The molecule has 2 fully saturated rings. The first kappa shape index (κ1) is 22.4. The zero-order valence-electron chi connectivity index (χ0n) is 19.3. The SMILES string of the molecule is CC1(C(=O)O)CCN(C(=O)C2CCC(NC(=O)OCC3c4ccccc4-c4ccccc43)C2)C1. The van der Waals surface area contributed by atoms with Gasteiger partial charge in [-0.1, -0.05) is 48.5 Å². The van der Waals surface area contributed by atoms with Crippen LogP contribution in [0.25, 0.3) is 11.1 Å². The van der Waals surface area contributed by atoms with Gasteiger partial charge in [0.1, 0.15) is 6.61 Å². The van der Waals surface area contributed by atoms with E-state index < -0.39 is 17.5 Å². The normalized spacial score (nSPS) is 25.6. The van der Waals surface area contributed by atoms with E-state index in [-0.39, 0.29) is 36.9 Å². The predicted octanol–water partition coefficient (Wildman–Crippen LogP) is 4.02. The summed E-state index contributed by atoms with van der Waals surface area (Å²) in [5.41, 5.74) is 3.84. The first-order valence-electron chi connectivity index (χ1n) is 12.0. The number of ether oxygens (including phenoxy) is 1. The molecule has 178 valence electrons. The molecule has 5 rings (SSSR count). The summed E-state index contributed by atoms with van der Waals surface area (Å²) in [6.07, 6.45) is 1.98. The Morgan fingerprint density at radius 2 is 1.71 bits per heavy atom. The summed E-state index contributed by atoms with van der Waals surface area (Å²) in [6, 6.07) is 16.3. The highest BCUT2D eigenvalue weighted by atomic mass is 16.5. The van der Waals surface area contributed by atoms with Gasteiger partial charge < -0.3 is 20.1 Å². The van der Waals surface area contributed by atoms with Gasteiger partial charge in [-0.25, -0.2) is 4.79 Å². The van der Waals surface area contributed by atoms with Crippen molar-refractivity contribution in [2.75, 3.05) is 19.7 Å². The fraction of sp³-hybridized carbons (Fsp3) is 0.444. The Hall–Kier alpha value is -3.35.